The molecule has 0 heterocycles. The van der Waals surface area contributed by atoms with E-state index < -0.39 is 0 Å². The fourth-order valence-electron chi connectivity index (χ4n) is 1.22. The van der Waals surface area contributed by atoms with Crippen molar-refractivity contribution in [1.29, 1.82) is 0 Å². The second-order valence-corrected chi connectivity index (χ2v) is 2.80. The lowest BCUT2D eigenvalue weighted by Crippen LogP contribution is -2.44. The van der Waals surface area contributed by atoms with Crippen LogP contribution in [0.25, 0.3) is 0 Å². The van der Waals surface area contributed by atoms with E-state index in [0.717, 1.165) is 19.3 Å². The second-order valence-electron chi connectivity index (χ2n) is 2.80. The van der Waals surface area contributed by atoms with Crippen LogP contribution in [-0.4, -0.2) is 23.3 Å². The summed E-state index contributed by atoms with van der Waals surface area (Å²) in [6.45, 7) is 0. The second kappa shape index (κ2) is 2.64. The summed E-state index contributed by atoms with van der Waals surface area (Å²) in [4.78, 5) is 0. The Labute approximate surface area is 55.0 Å². The summed E-state index contributed by atoms with van der Waals surface area (Å²) in [6.07, 6.45) is 2.13. The Kier molecular flexibility index (Phi) is 2.05. The maximum Gasteiger partial charge on any atom is 0.0692 e. The number of rotatable bonds is 0. The number of aliphatic hydroxyl groups is 1. The van der Waals surface area contributed by atoms with Crippen molar-refractivity contribution >= 4 is 0 Å². The first-order valence-corrected chi connectivity index (χ1v) is 3.39. The van der Waals surface area contributed by atoms with Gasteiger partial charge in [0.25, 0.3) is 0 Å². The minimum atomic E-state index is -0.315. The molecule has 1 saturated carbocycles. The van der Waals surface area contributed by atoms with E-state index in [4.69, 9.17) is 16.6 Å². The maximum absolute atomic E-state index is 9.11. The minimum absolute atomic E-state index is 0.0891. The van der Waals surface area contributed by atoms with Crippen molar-refractivity contribution in [3.8, 4) is 0 Å². The Balaban J connectivity index is 2.35. The van der Waals surface area contributed by atoms with E-state index >= 15 is 0 Å². The predicted molar refractivity (Wildman–Crippen MR) is 35.8 cm³/mol. The third-order valence-electron chi connectivity index (χ3n) is 1.90. The highest BCUT2D eigenvalue weighted by Crippen LogP contribution is 2.15. The number of hydrogen-bond acceptors (Lipinski definition) is 3. The molecule has 54 valence electrons. The van der Waals surface area contributed by atoms with Crippen LogP contribution in [0.1, 0.15) is 19.3 Å². The molecule has 0 aromatic carbocycles. The minimum Gasteiger partial charge on any atom is -0.392 e. The van der Waals surface area contributed by atoms with Crippen molar-refractivity contribution in [1.82, 2.24) is 0 Å². The van der Waals surface area contributed by atoms with E-state index in [1.165, 1.54) is 0 Å². The molecule has 0 radical (unpaired) electrons. The molecular weight excluding hydrogens is 116 g/mol. The van der Waals surface area contributed by atoms with Crippen LogP contribution in [0.2, 0.25) is 0 Å². The predicted octanol–water partition coefficient (Wildman–Crippen LogP) is -0.814. The van der Waals surface area contributed by atoms with Crippen molar-refractivity contribution in [3.05, 3.63) is 0 Å². The van der Waals surface area contributed by atoms with Crippen LogP contribution >= 0.6 is 0 Å². The first kappa shape index (κ1) is 6.99. The lowest BCUT2D eigenvalue weighted by molar-refractivity contribution is 0.101. The molecule has 0 aliphatic heterocycles. The fourth-order valence-corrected chi connectivity index (χ4v) is 1.22. The van der Waals surface area contributed by atoms with Crippen molar-refractivity contribution in [2.75, 3.05) is 0 Å². The van der Waals surface area contributed by atoms with E-state index in [0.29, 0.717) is 0 Å². The zero-order valence-corrected chi connectivity index (χ0v) is 5.46. The highest BCUT2D eigenvalue weighted by Gasteiger charge is 2.23. The van der Waals surface area contributed by atoms with Gasteiger partial charge in [-0.1, -0.05) is 0 Å². The van der Waals surface area contributed by atoms with E-state index in [9.17, 15) is 0 Å². The fraction of sp³-hybridized carbons (Fsp3) is 1.00. The van der Waals surface area contributed by atoms with Gasteiger partial charge in [-0.25, -0.2) is 0 Å². The van der Waals surface area contributed by atoms with Crippen LogP contribution in [0.3, 0.4) is 0 Å². The van der Waals surface area contributed by atoms with Crippen LogP contribution in [-0.2, 0) is 0 Å². The molecule has 3 atom stereocenters. The van der Waals surface area contributed by atoms with Gasteiger partial charge in [-0.15, -0.1) is 0 Å². The molecule has 1 fully saturated rings. The van der Waals surface area contributed by atoms with Crippen LogP contribution in [0.15, 0.2) is 0 Å². The van der Waals surface area contributed by atoms with Gasteiger partial charge in [0, 0.05) is 12.1 Å². The summed E-state index contributed by atoms with van der Waals surface area (Å²) in [5.41, 5.74) is 11.1. The Morgan fingerprint density at radius 1 is 1.22 bits per heavy atom. The third-order valence-corrected chi connectivity index (χ3v) is 1.90. The molecular formula is C6H14N2O. The Morgan fingerprint density at radius 2 is 1.89 bits per heavy atom. The number of hydrogen-bond donors (Lipinski definition) is 3. The maximum atomic E-state index is 9.11. The highest BCUT2D eigenvalue weighted by atomic mass is 16.3. The third kappa shape index (κ3) is 1.64. The van der Waals surface area contributed by atoms with Gasteiger partial charge < -0.3 is 16.6 Å². The molecule has 9 heavy (non-hydrogen) atoms. The van der Waals surface area contributed by atoms with Gasteiger partial charge in [0.15, 0.2) is 0 Å². The van der Waals surface area contributed by atoms with Crippen molar-refractivity contribution in [2.45, 2.75) is 37.5 Å². The van der Waals surface area contributed by atoms with Crippen LogP contribution < -0.4 is 11.5 Å². The molecule has 3 nitrogen and oxygen atoms in total. The van der Waals surface area contributed by atoms with E-state index in [1.54, 1.807) is 0 Å². The van der Waals surface area contributed by atoms with Gasteiger partial charge >= 0.3 is 0 Å². The SMILES string of the molecule is NC1C[C@H](N)CC[C@H]1O. The lowest BCUT2D eigenvalue weighted by Gasteiger charge is -2.28. The summed E-state index contributed by atoms with van der Waals surface area (Å²) in [7, 11) is 0. The van der Waals surface area contributed by atoms with Crippen molar-refractivity contribution in [2.24, 2.45) is 11.5 Å². The summed E-state index contributed by atoms with van der Waals surface area (Å²) in [5.74, 6) is 0. The smallest absolute Gasteiger partial charge is 0.0692 e. The Bertz CT molecular complexity index is 97.1. The Morgan fingerprint density at radius 3 is 2.33 bits per heavy atom. The average molecular weight is 130 g/mol. The molecule has 0 bridgehead atoms. The molecule has 1 unspecified atom stereocenters. The van der Waals surface area contributed by atoms with Crippen LogP contribution in [0.4, 0.5) is 0 Å². The van der Waals surface area contributed by atoms with Gasteiger partial charge in [0.05, 0.1) is 6.10 Å². The largest absolute Gasteiger partial charge is 0.392 e. The normalized spacial score (nSPS) is 45.0. The highest BCUT2D eigenvalue weighted by molar-refractivity contribution is 4.83. The molecule has 1 aliphatic carbocycles. The zero-order chi connectivity index (χ0) is 6.85. The molecule has 0 aromatic rings. The van der Waals surface area contributed by atoms with E-state index in [-0.39, 0.29) is 18.2 Å². The monoisotopic (exact) mass is 130 g/mol. The molecule has 0 saturated heterocycles. The molecule has 1 rings (SSSR count). The quantitative estimate of drug-likeness (QED) is 0.401. The van der Waals surface area contributed by atoms with Gasteiger partial charge in [-0.3, -0.25) is 0 Å². The number of aliphatic hydroxyl groups excluding tert-OH is 1. The molecule has 0 spiro atoms. The molecule has 5 N–H and O–H groups in total. The van der Waals surface area contributed by atoms with Crippen molar-refractivity contribution in [3.63, 3.8) is 0 Å². The average Bonchev–Trinajstić information content (AvgIpc) is 1.80. The standard InChI is InChI=1S/C6H14N2O/c7-4-1-2-6(9)5(8)3-4/h4-6,9H,1-3,7-8H2/t4-,5?,6-/m1/s1. The van der Waals surface area contributed by atoms with Gasteiger partial charge in [0.2, 0.25) is 0 Å². The van der Waals surface area contributed by atoms with Gasteiger partial charge in [-0.2, -0.15) is 0 Å². The first-order chi connectivity index (χ1) is 4.20. The summed E-state index contributed by atoms with van der Waals surface area (Å²) in [5, 5.41) is 9.11. The molecule has 0 aromatic heterocycles. The summed E-state index contributed by atoms with van der Waals surface area (Å²) in [6, 6.07) is 0.122. The van der Waals surface area contributed by atoms with Crippen LogP contribution in [0.5, 0.6) is 0 Å². The van der Waals surface area contributed by atoms with Gasteiger partial charge in [0.1, 0.15) is 0 Å². The first-order valence-electron chi connectivity index (χ1n) is 3.39. The summed E-state index contributed by atoms with van der Waals surface area (Å²) >= 11 is 0. The summed E-state index contributed by atoms with van der Waals surface area (Å²) < 4.78 is 0. The van der Waals surface area contributed by atoms with Crippen LogP contribution in [0, 0.1) is 0 Å². The lowest BCUT2D eigenvalue weighted by atomic mass is 9.90. The molecule has 0 amide bonds. The van der Waals surface area contributed by atoms with Crippen molar-refractivity contribution < 1.29 is 5.11 Å². The Hall–Kier alpha value is -0.120. The zero-order valence-electron chi connectivity index (χ0n) is 5.46. The number of nitrogens with two attached hydrogens (primary N) is 2. The van der Waals surface area contributed by atoms with Gasteiger partial charge in [-0.05, 0) is 19.3 Å². The molecule has 3 heteroatoms. The van der Waals surface area contributed by atoms with E-state index in [1.807, 2.05) is 0 Å². The molecule has 1 aliphatic rings. The van der Waals surface area contributed by atoms with E-state index in [2.05, 4.69) is 0 Å². The topological polar surface area (TPSA) is 72.3 Å².